The normalized spacial score (nSPS) is 14.3. The fraction of sp³-hybridized carbons (Fsp3) is 0.348. The summed E-state index contributed by atoms with van der Waals surface area (Å²) in [7, 11) is 1.84. The lowest BCUT2D eigenvalue weighted by Crippen LogP contribution is -2.39. The Morgan fingerprint density at radius 2 is 2.13 bits per heavy atom. The van der Waals surface area contributed by atoms with E-state index in [1.165, 1.54) is 0 Å². The van der Waals surface area contributed by atoms with Gasteiger partial charge in [-0.3, -0.25) is 4.79 Å². The maximum atomic E-state index is 13.4. The lowest BCUT2D eigenvalue weighted by molar-refractivity contribution is 0.0672. The molecular weight excluding hydrogens is 414 g/mol. The van der Waals surface area contributed by atoms with E-state index >= 15 is 0 Å². The van der Waals surface area contributed by atoms with Crippen LogP contribution in [0, 0.1) is 0 Å². The summed E-state index contributed by atoms with van der Waals surface area (Å²) in [5.74, 6) is 1.36. The molecule has 1 aliphatic heterocycles. The van der Waals surface area contributed by atoms with Crippen molar-refractivity contribution in [2.45, 2.75) is 32.9 Å². The summed E-state index contributed by atoms with van der Waals surface area (Å²) in [4.78, 5) is 23.8. The lowest BCUT2D eigenvalue weighted by Gasteiger charge is -2.34. The number of hydrogen-bond donors (Lipinski definition) is 1. The highest BCUT2D eigenvalue weighted by atomic mass is 35.5. The molecule has 0 spiro atoms. The third kappa shape index (κ3) is 4.23. The number of benzene rings is 1. The summed E-state index contributed by atoms with van der Waals surface area (Å²) in [6.45, 7) is 5.72. The molecule has 1 aliphatic rings. The first-order valence-corrected chi connectivity index (χ1v) is 10.8. The Labute approximate surface area is 187 Å². The molecule has 3 aromatic rings. The highest BCUT2D eigenvalue weighted by molar-refractivity contribution is 6.30. The summed E-state index contributed by atoms with van der Waals surface area (Å²) in [5.41, 5.74) is 3.80. The van der Waals surface area contributed by atoms with Crippen molar-refractivity contribution >= 4 is 23.5 Å². The van der Waals surface area contributed by atoms with E-state index in [9.17, 15) is 4.79 Å². The Kier molecular flexibility index (Phi) is 6.13. The molecule has 1 atom stereocenters. The molecule has 0 bridgehead atoms. The number of pyridine rings is 1. The number of carbonyl (C=O) groups excluding carboxylic acids is 1. The van der Waals surface area contributed by atoms with Gasteiger partial charge < -0.3 is 19.5 Å². The minimum atomic E-state index is -0.141. The highest BCUT2D eigenvalue weighted by Gasteiger charge is 2.29. The summed E-state index contributed by atoms with van der Waals surface area (Å²) >= 11 is 6.13. The molecule has 0 saturated heterocycles. The predicted molar refractivity (Wildman–Crippen MR) is 121 cm³/mol. The molecule has 1 unspecified atom stereocenters. The average molecular weight is 440 g/mol. The number of hydrogen-bond acceptors (Lipinski definition) is 5. The number of imidazole rings is 1. The summed E-state index contributed by atoms with van der Waals surface area (Å²) in [5, 5.41) is 3.41. The van der Waals surface area contributed by atoms with Crippen LogP contribution in [-0.4, -0.2) is 45.5 Å². The van der Waals surface area contributed by atoms with Gasteiger partial charge in [-0.1, -0.05) is 23.7 Å². The van der Waals surface area contributed by atoms with Crippen molar-refractivity contribution in [1.29, 1.82) is 0 Å². The summed E-state index contributed by atoms with van der Waals surface area (Å²) in [6.07, 6.45) is 6.21. The third-order valence-electron chi connectivity index (χ3n) is 5.66. The molecule has 3 heterocycles. The number of aromatic nitrogens is 3. The second-order valence-corrected chi connectivity index (χ2v) is 7.89. The standard InChI is InChI=1S/C23H26ClN5O2/c1-4-31-20-12-18(13-27-21(20)24)15(2)29-9-7-17-6-5-16(11-19(17)22(29)30)14-28-10-8-26-23(28)25-3/h5-6,8,10-13,15H,4,7,9,14H2,1-3H3,(H,25,26). The van der Waals surface area contributed by atoms with Crippen LogP contribution in [0.2, 0.25) is 5.15 Å². The molecule has 8 heteroatoms. The Morgan fingerprint density at radius 3 is 2.90 bits per heavy atom. The molecule has 0 radical (unpaired) electrons. The number of anilines is 1. The average Bonchev–Trinajstić information content (AvgIpc) is 3.22. The molecule has 4 rings (SSSR count). The Morgan fingerprint density at radius 1 is 1.29 bits per heavy atom. The van der Waals surface area contributed by atoms with Gasteiger partial charge in [0.15, 0.2) is 10.9 Å². The van der Waals surface area contributed by atoms with Crippen LogP contribution in [0.4, 0.5) is 5.95 Å². The van der Waals surface area contributed by atoms with Crippen LogP contribution in [0.5, 0.6) is 5.75 Å². The molecule has 7 nitrogen and oxygen atoms in total. The monoisotopic (exact) mass is 439 g/mol. The van der Waals surface area contributed by atoms with Gasteiger partial charge >= 0.3 is 0 Å². The van der Waals surface area contributed by atoms with Crippen molar-refractivity contribution in [3.8, 4) is 5.75 Å². The van der Waals surface area contributed by atoms with Crippen LogP contribution in [0.1, 0.15) is 46.9 Å². The van der Waals surface area contributed by atoms with E-state index < -0.39 is 0 Å². The number of nitrogens with zero attached hydrogens (tertiary/aromatic N) is 4. The lowest BCUT2D eigenvalue weighted by atomic mass is 9.94. The van der Waals surface area contributed by atoms with Gasteiger partial charge in [0.25, 0.3) is 5.91 Å². The quantitative estimate of drug-likeness (QED) is 0.559. The van der Waals surface area contributed by atoms with Crippen LogP contribution in [0.3, 0.4) is 0 Å². The highest BCUT2D eigenvalue weighted by Crippen LogP contribution is 2.31. The topological polar surface area (TPSA) is 72.3 Å². The first kappa shape index (κ1) is 21.2. The molecule has 1 N–H and O–H groups in total. The van der Waals surface area contributed by atoms with Gasteiger partial charge in [-0.25, -0.2) is 9.97 Å². The molecule has 0 fully saturated rings. The van der Waals surface area contributed by atoms with Gasteiger partial charge in [0, 0.05) is 37.7 Å². The van der Waals surface area contributed by atoms with E-state index in [4.69, 9.17) is 16.3 Å². The molecule has 0 saturated carbocycles. The van der Waals surface area contributed by atoms with Crippen molar-refractivity contribution < 1.29 is 9.53 Å². The zero-order valence-corrected chi connectivity index (χ0v) is 18.7. The second-order valence-electron chi connectivity index (χ2n) is 7.54. The van der Waals surface area contributed by atoms with Crippen molar-refractivity contribution in [2.24, 2.45) is 0 Å². The summed E-state index contributed by atoms with van der Waals surface area (Å²) in [6, 6.07) is 7.89. The van der Waals surface area contributed by atoms with E-state index in [0.717, 1.165) is 34.6 Å². The Balaban J connectivity index is 1.58. The zero-order chi connectivity index (χ0) is 22.0. The van der Waals surface area contributed by atoms with Crippen molar-refractivity contribution in [3.05, 3.63) is 70.3 Å². The smallest absolute Gasteiger partial charge is 0.254 e. The Bertz CT molecular complexity index is 1100. The maximum absolute atomic E-state index is 13.4. The Hall–Kier alpha value is -3.06. The summed E-state index contributed by atoms with van der Waals surface area (Å²) < 4.78 is 7.59. The maximum Gasteiger partial charge on any atom is 0.254 e. The van der Waals surface area contributed by atoms with E-state index in [0.29, 0.717) is 30.6 Å². The number of ether oxygens (including phenoxy) is 1. The molecule has 1 amide bonds. The molecule has 2 aromatic heterocycles. The second kappa shape index (κ2) is 8.98. The fourth-order valence-corrected chi connectivity index (χ4v) is 4.13. The van der Waals surface area contributed by atoms with E-state index in [2.05, 4.69) is 27.4 Å². The number of amides is 1. The van der Waals surface area contributed by atoms with Crippen LogP contribution < -0.4 is 10.1 Å². The van der Waals surface area contributed by atoms with Gasteiger partial charge in [0.05, 0.1) is 19.2 Å². The fourth-order valence-electron chi connectivity index (χ4n) is 3.98. The number of halogens is 1. The molecule has 0 aliphatic carbocycles. The first-order chi connectivity index (χ1) is 15.0. The number of carbonyl (C=O) groups is 1. The van der Waals surface area contributed by atoms with Gasteiger partial charge in [-0.2, -0.15) is 0 Å². The van der Waals surface area contributed by atoms with Gasteiger partial charge in [0.2, 0.25) is 5.95 Å². The minimum absolute atomic E-state index is 0.0305. The van der Waals surface area contributed by atoms with Gasteiger partial charge in [-0.15, -0.1) is 0 Å². The van der Waals surface area contributed by atoms with Gasteiger partial charge in [-0.05, 0) is 49.1 Å². The molecule has 162 valence electrons. The SMILES string of the molecule is CCOc1cc(C(C)N2CCc3ccc(Cn4ccnc4NC)cc3C2=O)cnc1Cl. The molecular formula is C23H26ClN5O2. The van der Waals surface area contributed by atoms with Gasteiger partial charge in [0.1, 0.15) is 0 Å². The predicted octanol–water partition coefficient (Wildman–Crippen LogP) is 4.18. The number of nitrogens with one attached hydrogen (secondary N) is 1. The van der Waals surface area contributed by atoms with Crippen LogP contribution in [0.15, 0.2) is 42.9 Å². The zero-order valence-electron chi connectivity index (χ0n) is 17.9. The van der Waals surface area contributed by atoms with E-state index in [1.807, 2.05) is 48.7 Å². The minimum Gasteiger partial charge on any atom is -0.491 e. The molecule has 1 aromatic carbocycles. The third-order valence-corrected chi connectivity index (χ3v) is 5.94. The van der Waals surface area contributed by atoms with E-state index in [-0.39, 0.29) is 11.9 Å². The molecule has 31 heavy (non-hydrogen) atoms. The van der Waals surface area contributed by atoms with Crippen LogP contribution in [0.25, 0.3) is 0 Å². The van der Waals surface area contributed by atoms with Crippen LogP contribution in [-0.2, 0) is 13.0 Å². The number of rotatable bonds is 7. The van der Waals surface area contributed by atoms with Crippen LogP contribution >= 0.6 is 11.6 Å². The van der Waals surface area contributed by atoms with E-state index in [1.54, 1.807) is 12.4 Å². The van der Waals surface area contributed by atoms with Crippen molar-refractivity contribution in [3.63, 3.8) is 0 Å². The van der Waals surface area contributed by atoms with Crippen molar-refractivity contribution in [1.82, 2.24) is 19.4 Å². The van der Waals surface area contributed by atoms with Crippen molar-refractivity contribution in [2.75, 3.05) is 25.5 Å². The largest absolute Gasteiger partial charge is 0.491 e. The number of fused-ring (bicyclic) bond motifs is 1. The first-order valence-electron chi connectivity index (χ1n) is 10.4.